The minimum atomic E-state index is -0.0902. The largest absolute Gasteiger partial charge is 0.487 e. The summed E-state index contributed by atoms with van der Waals surface area (Å²) in [5, 5.41) is 12.5. The lowest BCUT2D eigenvalue weighted by Crippen LogP contribution is -2.47. The number of para-hydroxylation sites is 1. The highest BCUT2D eigenvalue weighted by atomic mass is 16.5. The fraction of sp³-hybridized carbons (Fsp3) is 0.529. The lowest BCUT2D eigenvalue weighted by atomic mass is 9.99. The highest BCUT2D eigenvalue weighted by molar-refractivity contribution is 5.98. The van der Waals surface area contributed by atoms with Crippen molar-refractivity contribution in [3.8, 4) is 11.8 Å². The zero-order valence-electron chi connectivity index (χ0n) is 13.6. The van der Waals surface area contributed by atoms with Gasteiger partial charge >= 0.3 is 0 Å². The van der Waals surface area contributed by atoms with E-state index in [4.69, 9.17) is 4.74 Å². The molecule has 2 rings (SSSR count). The number of benzene rings is 1. The third kappa shape index (κ3) is 3.07. The van der Waals surface area contributed by atoms with E-state index in [9.17, 15) is 10.1 Å². The Kier molecular flexibility index (Phi) is 5.04. The average Bonchev–Trinajstić information content (AvgIpc) is 2.50. The number of carbonyl (C=O) groups excluding carboxylic acids is 1. The van der Waals surface area contributed by atoms with E-state index in [1.807, 2.05) is 25.8 Å². The van der Waals surface area contributed by atoms with Crippen LogP contribution in [0.2, 0.25) is 0 Å². The van der Waals surface area contributed by atoms with E-state index in [-0.39, 0.29) is 24.0 Å². The Morgan fingerprint density at radius 3 is 2.82 bits per heavy atom. The molecule has 0 aromatic heterocycles. The topological polar surface area (TPSA) is 65.4 Å². The van der Waals surface area contributed by atoms with Crippen molar-refractivity contribution in [3.63, 3.8) is 0 Å². The Balaban J connectivity index is 2.55. The number of nitriles is 1. The van der Waals surface area contributed by atoms with Crippen LogP contribution >= 0.6 is 0 Å². The summed E-state index contributed by atoms with van der Waals surface area (Å²) in [6.07, 6.45) is -0.0902. The van der Waals surface area contributed by atoms with Crippen LogP contribution in [0.5, 0.6) is 5.75 Å². The number of carbonyl (C=O) groups is 1. The fourth-order valence-electron chi connectivity index (χ4n) is 2.74. The lowest BCUT2D eigenvalue weighted by Gasteiger charge is -2.36. The molecule has 1 aromatic rings. The summed E-state index contributed by atoms with van der Waals surface area (Å²) in [6, 6.07) is 7.39. The Hall–Kier alpha value is -2.06. The van der Waals surface area contributed by atoms with Gasteiger partial charge in [-0.3, -0.25) is 4.79 Å². The van der Waals surface area contributed by atoms with Gasteiger partial charge in [0.15, 0.2) is 0 Å². The Morgan fingerprint density at radius 1 is 1.50 bits per heavy atom. The van der Waals surface area contributed by atoms with Gasteiger partial charge in [0.2, 0.25) is 0 Å². The highest BCUT2D eigenvalue weighted by Gasteiger charge is 2.32. The molecule has 0 unspecified atom stereocenters. The summed E-state index contributed by atoms with van der Waals surface area (Å²) in [6.45, 7) is 7.40. The van der Waals surface area contributed by atoms with Crippen LogP contribution in [0.3, 0.4) is 0 Å². The first kappa shape index (κ1) is 16.3. The van der Waals surface area contributed by atoms with Crippen molar-refractivity contribution in [3.05, 3.63) is 29.3 Å². The fourth-order valence-corrected chi connectivity index (χ4v) is 2.74. The number of likely N-dealkylation sites (N-methyl/N-ethyl adjacent to an activating group) is 1. The molecule has 1 amide bonds. The predicted molar refractivity (Wildman–Crippen MR) is 84.8 cm³/mol. The molecular formula is C17H23N3O2. The standard InChI is InChI=1S/C17H23N3O2/c1-11(2)20-10-12(3)15(9-19-4)22-16-13(8-18)6-5-7-14(16)17(20)21/h5-7,11-12,15,19H,9-10H2,1-4H3/t12-,15+/m1/s1. The molecule has 5 nitrogen and oxygen atoms in total. The molecule has 0 radical (unpaired) electrons. The molecule has 1 N–H and O–H groups in total. The first-order valence-electron chi connectivity index (χ1n) is 7.65. The van der Waals surface area contributed by atoms with Crippen molar-refractivity contribution in [2.24, 2.45) is 5.92 Å². The molecule has 1 heterocycles. The maximum absolute atomic E-state index is 12.8. The molecule has 118 valence electrons. The Labute approximate surface area is 131 Å². The van der Waals surface area contributed by atoms with E-state index in [0.29, 0.717) is 30.0 Å². The number of fused-ring (bicyclic) bond motifs is 1. The molecule has 0 spiro atoms. The van der Waals surface area contributed by atoms with Crippen molar-refractivity contribution in [1.82, 2.24) is 10.2 Å². The number of hydrogen-bond donors (Lipinski definition) is 1. The molecule has 22 heavy (non-hydrogen) atoms. The second-order valence-electron chi connectivity index (χ2n) is 6.04. The highest BCUT2D eigenvalue weighted by Crippen LogP contribution is 2.30. The van der Waals surface area contributed by atoms with Crippen LogP contribution in [0, 0.1) is 17.2 Å². The van der Waals surface area contributed by atoms with Crippen LogP contribution in [0.4, 0.5) is 0 Å². The van der Waals surface area contributed by atoms with Crippen molar-refractivity contribution in [1.29, 1.82) is 5.26 Å². The van der Waals surface area contributed by atoms with E-state index in [2.05, 4.69) is 18.3 Å². The van der Waals surface area contributed by atoms with E-state index < -0.39 is 0 Å². The van der Waals surface area contributed by atoms with Crippen LogP contribution in [-0.4, -0.2) is 43.1 Å². The number of hydrogen-bond acceptors (Lipinski definition) is 4. The van der Waals surface area contributed by atoms with Crippen molar-refractivity contribution >= 4 is 5.91 Å². The summed E-state index contributed by atoms with van der Waals surface area (Å²) in [7, 11) is 1.87. The van der Waals surface area contributed by atoms with Gasteiger partial charge in [0.25, 0.3) is 5.91 Å². The van der Waals surface area contributed by atoms with Crippen LogP contribution < -0.4 is 10.1 Å². The molecule has 1 aliphatic rings. The van der Waals surface area contributed by atoms with Gasteiger partial charge in [-0.25, -0.2) is 0 Å². The molecule has 0 fully saturated rings. The smallest absolute Gasteiger partial charge is 0.257 e. The summed E-state index contributed by atoms with van der Waals surface area (Å²) >= 11 is 0. The Bertz CT molecular complexity index is 592. The van der Waals surface area contributed by atoms with E-state index >= 15 is 0 Å². The quantitative estimate of drug-likeness (QED) is 0.927. The minimum absolute atomic E-state index is 0.0724. The van der Waals surface area contributed by atoms with Gasteiger partial charge in [-0.15, -0.1) is 0 Å². The van der Waals surface area contributed by atoms with Gasteiger partial charge in [0, 0.05) is 25.0 Å². The molecule has 5 heteroatoms. The molecule has 0 saturated carbocycles. The van der Waals surface area contributed by atoms with Crippen LogP contribution in [0.1, 0.15) is 36.7 Å². The van der Waals surface area contributed by atoms with Gasteiger partial charge < -0.3 is 15.0 Å². The van der Waals surface area contributed by atoms with Crippen LogP contribution in [0.15, 0.2) is 18.2 Å². The zero-order valence-corrected chi connectivity index (χ0v) is 13.6. The van der Waals surface area contributed by atoms with E-state index in [0.717, 1.165) is 0 Å². The minimum Gasteiger partial charge on any atom is -0.487 e. The number of rotatable bonds is 3. The molecule has 2 atom stereocenters. The zero-order chi connectivity index (χ0) is 16.3. The van der Waals surface area contributed by atoms with Gasteiger partial charge in [0.1, 0.15) is 17.9 Å². The second kappa shape index (κ2) is 6.80. The second-order valence-corrected chi connectivity index (χ2v) is 6.04. The summed E-state index contributed by atoms with van der Waals surface area (Å²) in [5.74, 6) is 0.503. The Morgan fingerprint density at radius 2 is 2.23 bits per heavy atom. The lowest BCUT2D eigenvalue weighted by molar-refractivity contribution is 0.0514. The first-order chi connectivity index (χ1) is 10.5. The third-order valence-electron chi connectivity index (χ3n) is 4.04. The molecule has 0 bridgehead atoms. The van der Waals surface area contributed by atoms with Crippen molar-refractivity contribution < 1.29 is 9.53 Å². The normalized spacial score (nSPS) is 21.6. The number of ether oxygens (including phenoxy) is 1. The summed E-state index contributed by atoms with van der Waals surface area (Å²) < 4.78 is 6.08. The summed E-state index contributed by atoms with van der Waals surface area (Å²) in [5.41, 5.74) is 0.880. The first-order valence-corrected chi connectivity index (χ1v) is 7.65. The van der Waals surface area contributed by atoms with E-state index in [1.54, 1.807) is 18.2 Å². The third-order valence-corrected chi connectivity index (χ3v) is 4.04. The average molecular weight is 301 g/mol. The molecule has 1 aromatic carbocycles. The summed E-state index contributed by atoms with van der Waals surface area (Å²) in [4.78, 5) is 14.7. The van der Waals surface area contributed by atoms with Gasteiger partial charge in [-0.1, -0.05) is 13.0 Å². The van der Waals surface area contributed by atoms with Crippen molar-refractivity contribution in [2.45, 2.75) is 32.9 Å². The number of nitrogens with zero attached hydrogens (tertiary/aromatic N) is 2. The van der Waals surface area contributed by atoms with Crippen LogP contribution in [-0.2, 0) is 0 Å². The molecule has 0 saturated heterocycles. The molecular weight excluding hydrogens is 278 g/mol. The SMILES string of the molecule is CNC[C@@H]1Oc2c(C#N)cccc2C(=O)N(C(C)C)C[C@H]1C. The monoisotopic (exact) mass is 301 g/mol. The van der Waals surface area contributed by atoms with Crippen molar-refractivity contribution in [2.75, 3.05) is 20.1 Å². The molecule has 0 aliphatic carbocycles. The van der Waals surface area contributed by atoms with Crippen LogP contribution in [0.25, 0.3) is 0 Å². The maximum atomic E-state index is 12.8. The number of amides is 1. The van der Waals surface area contributed by atoms with Gasteiger partial charge in [0.05, 0.1) is 11.1 Å². The number of nitrogens with one attached hydrogen (secondary N) is 1. The maximum Gasteiger partial charge on any atom is 0.257 e. The van der Waals surface area contributed by atoms with E-state index in [1.165, 1.54) is 0 Å². The predicted octanol–water partition coefficient (Wildman–Crippen LogP) is 2.03. The molecule has 1 aliphatic heterocycles. The van der Waals surface area contributed by atoms with Gasteiger partial charge in [-0.2, -0.15) is 5.26 Å². The van der Waals surface area contributed by atoms with Gasteiger partial charge in [-0.05, 0) is 33.0 Å².